The molecule has 1 amide bonds. The molecule has 5 nitrogen and oxygen atoms in total. The van der Waals surface area contributed by atoms with E-state index in [0.717, 1.165) is 24.0 Å². The van der Waals surface area contributed by atoms with Crippen LogP contribution in [0.4, 0.5) is 0 Å². The summed E-state index contributed by atoms with van der Waals surface area (Å²) in [5.41, 5.74) is 0.686. The van der Waals surface area contributed by atoms with E-state index in [4.69, 9.17) is 0 Å². The van der Waals surface area contributed by atoms with E-state index in [0.29, 0.717) is 11.5 Å². The van der Waals surface area contributed by atoms with E-state index in [1.165, 1.54) is 0 Å². The van der Waals surface area contributed by atoms with Crippen LogP contribution in [0.25, 0.3) is 0 Å². The first-order chi connectivity index (χ1) is 10.4. The molecule has 0 bridgehead atoms. The van der Waals surface area contributed by atoms with Gasteiger partial charge in [-0.05, 0) is 43.1 Å². The number of carbonyl (C=O) groups is 1. The Kier molecular flexibility index (Phi) is 6.00. The Hall–Kier alpha value is -0.920. The van der Waals surface area contributed by atoms with Crippen LogP contribution in [0.3, 0.4) is 0 Å². The first-order valence-electron chi connectivity index (χ1n) is 7.31. The number of hydrogen-bond acceptors (Lipinski definition) is 4. The van der Waals surface area contributed by atoms with E-state index in [1.54, 1.807) is 24.3 Å². The summed E-state index contributed by atoms with van der Waals surface area (Å²) in [4.78, 5) is 12.0. The van der Waals surface area contributed by atoms with E-state index in [2.05, 4.69) is 26.6 Å². The SMILES string of the molecule is CC1CNCCC1NC(=O)CS(=O)(=O)Cc1ccc(Br)cc1. The van der Waals surface area contributed by atoms with Gasteiger partial charge in [-0.15, -0.1) is 0 Å². The predicted octanol–water partition coefficient (Wildman–Crippen LogP) is 1.48. The Labute approximate surface area is 139 Å². The highest BCUT2D eigenvalue weighted by molar-refractivity contribution is 9.10. The molecule has 0 aliphatic carbocycles. The molecule has 1 aliphatic heterocycles. The van der Waals surface area contributed by atoms with Gasteiger partial charge in [0.05, 0.1) is 5.75 Å². The van der Waals surface area contributed by atoms with Gasteiger partial charge < -0.3 is 10.6 Å². The Morgan fingerprint density at radius 1 is 1.36 bits per heavy atom. The third-order valence-electron chi connectivity index (χ3n) is 3.78. The van der Waals surface area contributed by atoms with Gasteiger partial charge in [-0.2, -0.15) is 0 Å². The number of amides is 1. The maximum Gasteiger partial charge on any atom is 0.235 e. The maximum atomic E-state index is 12.1. The zero-order chi connectivity index (χ0) is 16.2. The van der Waals surface area contributed by atoms with Gasteiger partial charge in [0.25, 0.3) is 0 Å². The molecular weight excluding hydrogens is 368 g/mol. The lowest BCUT2D eigenvalue weighted by Crippen LogP contribution is -2.49. The van der Waals surface area contributed by atoms with Crippen LogP contribution in [0.1, 0.15) is 18.9 Å². The van der Waals surface area contributed by atoms with Crippen molar-refractivity contribution in [3.05, 3.63) is 34.3 Å². The van der Waals surface area contributed by atoms with Crippen LogP contribution in [0.2, 0.25) is 0 Å². The number of halogens is 1. The second kappa shape index (κ2) is 7.57. The van der Waals surface area contributed by atoms with Crippen molar-refractivity contribution < 1.29 is 13.2 Å². The van der Waals surface area contributed by atoms with Crippen molar-refractivity contribution in [2.45, 2.75) is 25.1 Å². The molecule has 1 saturated heterocycles. The molecule has 1 aromatic carbocycles. The number of carbonyl (C=O) groups excluding carboxylic acids is 1. The third-order valence-corrected chi connectivity index (χ3v) is 5.79. The lowest BCUT2D eigenvalue weighted by molar-refractivity contribution is -0.119. The van der Waals surface area contributed by atoms with Crippen LogP contribution in [0.15, 0.2) is 28.7 Å². The van der Waals surface area contributed by atoms with Gasteiger partial charge in [-0.1, -0.05) is 35.0 Å². The van der Waals surface area contributed by atoms with Gasteiger partial charge in [0.1, 0.15) is 5.75 Å². The zero-order valence-electron chi connectivity index (χ0n) is 12.5. The standard InChI is InChI=1S/C15H21BrN2O3S/c1-11-8-17-7-6-14(11)18-15(19)10-22(20,21)9-12-2-4-13(16)5-3-12/h2-5,11,14,17H,6-10H2,1H3,(H,18,19). The van der Waals surface area contributed by atoms with Crippen molar-refractivity contribution in [1.82, 2.24) is 10.6 Å². The van der Waals surface area contributed by atoms with Crippen molar-refractivity contribution in [2.24, 2.45) is 5.92 Å². The van der Waals surface area contributed by atoms with Gasteiger partial charge in [-0.3, -0.25) is 4.79 Å². The van der Waals surface area contributed by atoms with Gasteiger partial charge in [0.2, 0.25) is 5.91 Å². The summed E-state index contributed by atoms with van der Waals surface area (Å²) in [6.07, 6.45) is 0.833. The lowest BCUT2D eigenvalue weighted by Gasteiger charge is -2.30. The molecule has 22 heavy (non-hydrogen) atoms. The molecule has 0 spiro atoms. The molecule has 1 fully saturated rings. The summed E-state index contributed by atoms with van der Waals surface area (Å²) >= 11 is 3.31. The molecule has 7 heteroatoms. The molecule has 1 aliphatic rings. The van der Waals surface area contributed by atoms with Crippen molar-refractivity contribution in [1.29, 1.82) is 0 Å². The molecule has 122 valence electrons. The molecule has 0 aromatic heterocycles. The van der Waals surface area contributed by atoms with Gasteiger partial charge >= 0.3 is 0 Å². The second-order valence-electron chi connectivity index (χ2n) is 5.80. The molecule has 2 N–H and O–H groups in total. The molecule has 2 rings (SSSR count). The number of benzene rings is 1. The van der Waals surface area contributed by atoms with Crippen molar-refractivity contribution in [2.75, 3.05) is 18.8 Å². The average molecular weight is 389 g/mol. The van der Waals surface area contributed by atoms with Crippen molar-refractivity contribution in [3.8, 4) is 0 Å². The maximum absolute atomic E-state index is 12.1. The highest BCUT2D eigenvalue weighted by atomic mass is 79.9. The molecule has 0 radical (unpaired) electrons. The van der Waals surface area contributed by atoms with Gasteiger partial charge in [-0.25, -0.2) is 8.42 Å². The molecular formula is C15H21BrN2O3S. The van der Waals surface area contributed by atoms with Crippen molar-refractivity contribution in [3.63, 3.8) is 0 Å². The summed E-state index contributed by atoms with van der Waals surface area (Å²) in [6, 6.07) is 7.13. The fraction of sp³-hybridized carbons (Fsp3) is 0.533. The predicted molar refractivity (Wildman–Crippen MR) is 90.2 cm³/mol. The molecule has 2 unspecified atom stereocenters. The monoisotopic (exact) mass is 388 g/mol. The average Bonchev–Trinajstić information content (AvgIpc) is 2.43. The Balaban J connectivity index is 1.90. The number of piperidine rings is 1. The van der Waals surface area contributed by atoms with E-state index >= 15 is 0 Å². The lowest BCUT2D eigenvalue weighted by atomic mass is 9.95. The number of nitrogens with one attached hydrogen (secondary N) is 2. The quantitative estimate of drug-likeness (QED) is 0.800. The van der Waals surface area contributed by atoms with Crippen LogP contribution in [-0.4, -0.2) is 39.2 Å². The van der Waals surface area contributed by atoms with Crippen LogP contribution >= 0.6 is 15.9 Å². The third kappa shape index (κ3) is 5.37. The summed E-state index contributed by atoms with van der Waals surface area (Å²) in [5.74, 6) is -0.669. The number of sulfone groups is 1. The first-order valence-corrected chi connectivity index (χ1v) is 9.92. The van der Waals surface area contributed by atoms with E-state index in [9.17, 15) is 13.2 Å². The molecule has 1 heterocycles. The number of hydrogen-bond donors (Lipinski definition) is 2. The highest BCUT2D eigenvalue weighted by Crippen LogP contribution is 2.14. The van der Waals surface area contributed by atoms with Gasteiger partial charge in [0, 0.05) is 10.5 Å². The van der Waals surface area contributed by atoms with Crippen LogP contribution < -0.4 is 10.6 Å². The first kappa shape index (κ1) is 17.4. The molecule has 2 atom stereocenters. The largest absolute Gasteiger partial charge is 0.352 e. The fourth-order valence-electron chi connectivity index (χ4n) is 2.56. The van der Waals surface area contributed by atoms with Gasteiger partial charge in [0.15, 0.2) is 9.84 Å². The highest BCUT2D eigenvalue weighted by Gasteiger charge is 2.25. The topological polar surface area (TPSA) is 75.3 Å². The summed E-state index contributed by atoms with van der Waals surface area (Å²) < 4.78 is 25.2. The van der Waals surface area contributed by atoms with E-state index < -0.39 is 21.5 Å². The van der Waals surface area contributed by atoms with Crippen LogP contribution in [-0.2, 0) is 20.4 Å². The Bertz CT molecular complexity index is 616. The van der Waals surface area contributed by atoms with E-state index in [-0.39, 0.29) is 11.8 Å². The zero-order valence-corrected chi connectivity index (χ0v) is 14.9. The number of rotatable bonds is 5. The smallest absolute Gasteiger partial charge is 0.235 e. The summed E-state index contributed by atoms with van der Waals surface area (Å²) in [7, 11) is -3.46. The van der Waals surface area contributed by atoms with Crippen molar-refractivity contribution >= 4 is 31.7 Å². The molecule has 1 aromatic rings. The fourth-order valence-corrected chi connectivity index (χ4v) is 4.11. The normalized spacial score (nSPS) is 22.3. The Morgan fingerprint density at radius 2 is 2.05 bits per heavy atom. The minimum Gasteiger partial charge on any atom is -0.352 e. The van der Waals surface area contributed by atoms with E-state index in [1.807, 2.05) is 6.92 Å². The Morgan fingerprint density at radius 3 is 2.68 bits per heavy atom. The summed E-state index contributed by atoms with van der Waals surface area (Å²) in [5, 5.41) is 6.10. The van der Waals surface area contributed by atoms with Crippen LogP contribution in [0.5, 0.6) is 0 Å². The van der Waals surface area contributed by atoms with Crippen LogP contribution in [0, 0.1) is 5.92 Å². The minimum atomic E-state index is -3.46. The molecule has 0 saturated carbocycles. The minimum absolute atomic E-state index is 0.0524. The second-order valence-corrected chi connectivity index (χ2v) is 8.78. The summed E-state index contributed by atoms with van der Waals surface area (Å²) in [6.45, 7) is 3.74.